The second-order valence-electron chi connectivity index (χ2n) is 3.83. The zero-order valence-corrected chi connectivity index (χ0v) is 10.7. The van der Waals surface area contributed by atoms with E-state index in [2.05, 4.69) is 22.1 Å². The number of ether oxygens (including phenoxy) is 1. The van der Waals surface area contributed by atoms with E-state index >= 15 is 0 Å². The maximum atomic E-state index is 8.40. The van der Waals surface area contributed by atoms with E-state index in [9.17, 15) is 0 Å². The van der Waals surface area contributed by atoms with Gasteiger partial charge in [-0.15, -0.1) is 0 Å². The lowest BCUT2D eigenvalue weighted by atomic mass is 10.2. The number of benzene rings is 1. The summed E-state index contributed by atoms with van der Waals surface area (Å²) in [6, 6.07) is 11.9. The molecule has 0 bridgehead atoms. The zero-order chi connectivity index (χ0) is 12.6. The second-order valence-corrected chi connectivity index (χ2v) is 4.61. The lowest BCUT2D eigenvalue weighted by Gasteiger charge is -2.05. The monoisotopic (exact) mass is 258 g/mol. The molecule has 1 aromatic heterocycles. The Kier molecular flexibility index (Phi) is 4.77. The Morgan fingerprint density at radius 3 is 2.56 bits per heavy atom. The zero-order valence-electron chi connectivity index (χ0n) is 9.93. The van der Waals surface area contributed by atoms with Crippen LogP contribution in [0, 0.1) is 11.3 Å². The molecule has 2 aromatic rings. The van der Waals surface area contributed by atoms with E-state index in [4.69, 9.17) is 10.00 Å². The normalized spacial score (nSPS) is 9.94. The third kappa shape index (κ3) is 3.88. The predicted molar refractivity (Wildman–Crippen MR) is 72.4 cm³/mol. The molecule has 92 valence electrons. The third-order valence-corrected chi connectivity index (χ3v) is 3.20. The third-order valence-electron chi connectivity index (χ3n) is 2.47. The number of nitrogens with zero attached hydrogens (tertiary/aromatic N) is 1. The standard InChI is InChI=1S/C14H14N2OS/c15-6-7-17-14-3-1-12(2-4-14)9-16-10-13-5-8-18-11-13/h1-5,8,11,16H,7,9-10H2. The van der Waals surface area contributed by atoms with E-state index in [1.807, 2.05) is 30.3 Å². The Morgan fingerprint density at radius 1 is 1.11 bits per heavy atom. The van der Waals surface area contributed by atoms with Crippen molar-refractivity contribution in [3.63, 3.8) is 0 Å². The molecule has 18 heavy (non-hydrogen) atoms. The van der Waals surface area contributed by atoms with E-state index in [0.717, 1.165) is 18.8 Å². The summed E-state index contributed by atoms with van der Waals surface area (Å²) in [5, 5.41) is 16.0. The summed E-state index contributed by atoms with van der Waals surface area (Å²) >= 11 is 1.71. The molecular weight excluding hydrogens is 244 g/mol. The minimum absolute atomic E-state index is 0.0930. The van der Waals surface area contributed by atoms with Gasteiger partial charge in [-0.25, -0.2) is 0 Å². The lowest BCUT2D eigenvalue weighted by Crippen LogP contribution is -2.11. The fourth-order valence-electron chi connectivity index (χ4n) is 1.56. The Hall–Kier alpha value is -1.83. The van der Waals surface area contributed by atoms with Gasteiger partial charge in [0.25, 0.3) is 0 Å². The van der Waals surface area contributed by atoms with Crippen LogP contribution in [-0.4, -0.2) is 6.61 Å². The van der Waals surface area contributed by atoms with Crippen LogP contribution in [0.4, 0.5) is 0 Å². The largest absolute Gasteiger partial charge is 0.479 e. The highest BCUT2D eigenvalue weighted by Gasteiger charge is 1.96. The van der Waals surface area contributed by atoms with Gasteiger partial charge in [0.15, 0.2) is 6.61 Å². The smallest absolute Gasteiger partial charge is 0.174 e. The van der Waals surface area contributed by atoms with Crippen LogP contribution in [0.15, 0.2) is 41.1 Å². The van der Waals surface area contributed by atoms with Crippen molar-refractivity contribution >= 4 is 11.3 Å². The van der Waals surface area contributed by atoms with Crippen LogP contribution in [0.2, 0.25) is 0 Å². The summed E-state index contributed by atoms with van der Waals surface area (Å²) in [5.41, 5.74) is 2.52. The van der Waals surface area contributed by atoms with Crippen molar-refractivity contribution in [2.24, 2.45) is 0 Å². The summed E-state index contributed by atoms with van der Waals surface area (Å²) in [7, 11) is 0. The molecule has 0 saturated heterocycles. The highest BCUT2D eigenvalue weighted by atomic mass is 32.1. The molecule has 1 N–H and O–H groups in total. The number of hydrogen-bond donors (Lipinski definition) is 1. The summed E-state index contributed by atoms with van der Waals surface area (Å²) < 4.78 is 5.19. The van der Waals surface area contributed by atoms with Gasteiger partial charge < -0.3 is 10.1 Å². The first-order chi connectivity index (χ1) is 8.88. The number of hydrogen-bond acceptors (Lipinski definition) is 4. The molecule has 3 nitrogen and oxygen atoms in total. The topological polar surface area (TPSA) is 45.0 Å². The van der Waals surface area contributed by atoms with E-state index < -0.39 is 0 Å². The van der Waals surface area contributed by atoms with Gasteiger partial charge in [0, 0.05) is 13.1 Å². The molecule has 2 rings (SSSR count). The maximum absolute atomic E-state index is 8.40. The van der Waals surface area contributed by atoms with E-state index in [1.54, 1.807) is 11.3 Å². The van der Waals surface area contributed by atoms with Gasteiger partial charge in [0.05, 0.1) is 0 Å². The van der Waals surface area contributed by atoms with Crippen LogP contribution >= 0.6 is 11.3 Å². The molecule has 0 unspecified atom stereocenters. The van der Waals surface area contributed by atoms with Crippen LogP contribution in [0.1, 0.15) is 11.1 Å². The Bertz CT molecular complexity index is 500. The first kappa shape index (κ1) is 12.6. The molecule has 0 aliphatic carbocycles. The highest BCUT2D eigenvalue weighted by molar-refractivity contribution is 7.07. The number of thiophene rings is 1. The highest BCUT2D eigenvalue weighted by Crippen LogP contribution is 2.12. The number of nitrogens with one attached hydrogen (secondary N) is 1. The van der Waals surface area contributed by atoms with Crippen molar-refractivity contribution in [3.05, 3.63) is 52.2 Å². The number of nitriles is 1. The summed E-state index contributed by atoms with van der Waals surface area (Å²) in [4.78, 5) is 0. The minimum atomic E-state index is 0.0930. The molecule has 0 fully saturated rings. The van der Waals surface area contributed by atoms with Crippen molar-refractivity contribution in [1.29, 1.82) is 5.26 Å². The molecule has 0 saturated carbocycles. The van der Waals surface area contributed by atoms with Gasteiger partial charge in [-0.3, -0.25) is 0 Å². The second kappa shape index (κ2) is 6.80. The van der Waals surface area contributed by atoms with Crippen molar-refractivity contribution in [3.8, 4) is 11.8 Å². The maximum Gasteiger partial charge on any atom is 0.174 e. The summed E-state index contributed by atoms with van der Waals surface area (Å²) in [6.45, 7) is 1.81. The fourth-order valence-corrected chi connectivity index (χ4v) is 2.23. The van der Waals surface area contributed by atoms with Crippen molar-refractivity contribution in [1.82, 2.24) is 5.32 Å². The van der Waals surface area contributed by atoms with Crippen LogP contribution in [-0.2, 0) is 13.1 Å². The van der Waals surface area contributed by atoms with Crippen LogP contribution < -0.4 is 10.1 Å². The van der Waals surface area contributed by atoms with E-state index in [1.165, 1.54) is 11.1 Å². The van der Waals surface area contributed by atoms with Gasteiger partial charge in [0.2, 0.25) is 0 Å². The Balaban J connectivity index is 1.78. The predicted octanol–water partition coefficient (Wildman–Crippen LogP) is 2.94. The summed E-state index contributed by atoms with van der Waals surface area (Å²) in [6.07, 6.45) is 0. The summed E-state index contributed by atoms with van der Waals surface area (Å²) in [5.74, 6) is 0.734. The van der Waals surface area contributed by atoms with Crippen molar-refractivity contribution < 1.29 is 4.74 Å². The molecule has 0 aliphatic rings. The van der Waals surface area contributed by atoms with E-state index in [0.29, 0.717) is 0 Å². The molecule has 0 amide bonds. The SMILES string of the molecule is N#CCOc1ccc(CNCc2ccsc2)cc1. The van der Waals surface area contributed by atoms with Gasteiger partial charge in [0.1, 0.15) is 11.8 Å². The minimum Gasteiger partial charge on any atom is -0.479 e. The van der Waals surface area contributed by atoms with Gasteiger partial charge in [-0.2, -0.15) is 16.6 Å². The first-order valence-corrected chi connectivity index (χ1v) is 6.63. The average Bonchev–Trinajstić information content (AvgIpc) is 2.91. The van der Waals surface area contributed by atoms with E-state index in [-0.39, 0.29) is 6.61 Å². The quantitative estimate of drug-likeness (QED) is 0.866. The Labute approximate surface area is 111 Å². The van der Waals surface area contributed by atoms with Crippen LogP contribution in [0.5, 0.6) is 5.75 Å². The van der Waals surface area contributed by atoms with Crippen LogP contribution in [0.3, 0.4) is 0 Å². The van der Waals surface area contributed by atoms with Crippen molar-refractivity contribution in [2.45, 2.75) is 13.1 Å². The van der Waals surface area contributed by atoms with Gasteiger partial charge >= 0.3 is 0 Å². The first-order valence-electron chi connectivity index (χ1n) is 5.69. The molecule has 1 aromatic carbocycles. The van der Waals surface area contributed by atoms with Gasteiger partial charge in [-0.1, -0.05) is 12.1 Å². The average molecular weight is 258 g/mol. The number of rotatable bonds is 6. The fraction of sp³-hybridized carbons (Fsp3) is 0.214. The molecular formula is C14H14N2OS. The van der Waals surface area contributed by atoms with Crippen molar-refractivity contribution in [2.75, 3.05) is 6.61 Å². The molecule has 0 spiro atoms. The van der Waals surface area contributed by atoms with Gasteiger partial charge in [-0.05, 0) is 40.1 Å². The molecule has 0 radical (unpaired) electrons. The lowest BCUT2D eigenvalue weighted by molar-refractivity contribution is 0.368. The molecule has 4 heteroatoms. The molecule has 1 heterocycles. The molecule has 0 atom stereocenters. The Morgan fingerprint density at radius 2 is 1.89 bits per heavy atom. The molecule has 0 aliphatic heterocycles. The van der Waals surface area contributed by atoms with Crippen LogP contribution in [0.25, 0.3) is 0 Å².